The van der Waals surface area contributed by atoms with Gasteiger partial charge >= 0.3 is 0 Å². The SMILES string of the molecule is CC1[C@@H]2[C@@H]([C@H](C)C2(C)C)C1(C)C. The molecule has 2 rings (SSSR count). The van der Waals surface area contributed by atoms with E-state index in [0.717, 1.165) is 23.7 Å². The van der Waals surface area contributed by atoms with Crippen LogP contribution in [0.2, 0.25) is 0 Å². The Balaban J connectivity index is 2.22. The maximum absolute atomic E-state index is 2.45. The molecule has 2 saturated carbocycles. The molecular formula is C12H22. The fourth-order valence-corrected chi connectivity index (χ4v) is 4.13. The van der Waals surface area contributed by atoms with Crippen LogP contribution in [-0.2, 0) is 0 Å². The van der Waals surface area contributed by atoms with Crippen molar-refractivity contribution in [2.24, 2.45) is 34.5 Å². The van der Waals surface area contributed by atoms with E-state index in [4.69, 9.17) is 0 Å². The summed E-state index contributed by atoms with van der Waals surface area (Å²) in [7, 11) is 0. The second-order valence-corrected chi connectivity index (χ2v) is 6.27. The lowest BCUT2D eigenvalue weighted by molar-refractivity contribution is -0.280. The van der Waals surface area contributed by atoms with Crippen molar-refractivity contribution in [2.45, 2.75) is 41.5 Å². The van der Waals surface area contributed by atoms with Crippen molar-refractivity contribution < 1.29 is 0 Å². The quantitative estimate of drug-likeness (QED) is 0.516. The summed E-state index contributed by atoms with van der Waals surface area (Å²) in [6.07, 6.45) is 0. The van der Waals surface area contributed by atoms with E-state index < -0.39 is 0 Å². The van der Waals surface area contributed by atoms with Gasteiger partial charge in [-0.15, -0.1) is 0 Å². The van der Waals surface area contributed by atoms with Gasteiger partial charge < -0.3 is 0 Å². The van der Waals surface area contributed by atoms with Crippen LogP contribution in [0.5, 0.6) is 0 Å². The fourth-order valence-electron chi connectivity index (χ4n) is 4.13. The molecule has 12 heavy (non-hydrogen) atoms. The van der Waals surface area contributed by atoms with Crippen molar-refractivity contribution in [3.8, 4) is 0 Å². The minimum atomic E-state index is 0.625. The van der Waals surface area contributed by atoms with Gasteiger partial charge in [-0.25, -0.2) is 0 Å². The van der Waals surface area contributed by atoms with E-state index in [1.807, 2.05) is 0 Å². The molecule has 0 saturated heterocycles. The highest BCUT2D eigenvalue weighted by atomic mass is 14.7. The Kier molecular flexibility index (Phi) is 1.37. The first-order valence-electron chi connectivity index (χ1n) is 5.31. The molecule has 2 fully saturated rings. The highest BCUT2D eigenvalue weighted by Crippen LogP contribution is 2.75. The summed E-state index contributed by atoms with van der Waals surface area (Å²) in [4.78, 5) is 0. The van der Waals surface area contributed by atoms with Gasteiger partial charge in [0.25, 0.3) is 0 Å². The molecule has 0 spiro atoms. The summed E-state index contributed by atoms with van der Waals surface area (Å²) in [6, 6.07) is 0. The van der Waals surface area contributed by atoms with Gasteiger partial charge in [0, 0.05) is 0 Å². The molecule has 4 atom stereocenters. The predicted molar refractivity (Wildman–Crippen MR) is 52.9 cm³/mol. The Morgan fingerprint density at radius 1 is 0.667 bits per heavy atom. The molecule has 0 aliphatic heterocycles. The molecule has 0 bridgehead atoms. The summed E-state index contributed by atoms with van der Waals surface area (Å²) < 4.78 is 0. The van der Waals surface area contributed by atoms with Crippen LogP contribution in [-0.4, -0.2) is 0 Å². The molecule has 0 aromatic rings. The lowest BCUT2D eigenvalue weighted by Crippen LogP contribution is -2.71. The van der Waals surface area contributed by atoms with Gasteiger partial charge in [0.15, 0.2) is 0 Å². The zero-order valence-electron chi connectivity index (χ0n) is 9.31. The van der Waals surface area contributed by atoms with Crippen LogP contribution in [0.4, 0.5) is 0 Å². The minimum Gasteiger partial charge on any atom is -0.0617 e. The van der Waals surface area contributed by atoms with E-state index in [1.165, 1.54) is 0 Å². The van der Waals surface area contributed by atoms with E-state index in [9.17, 15) is 0 Å². The van der Waals surface area contributed by atoms with E-state index in [0.29, 0.717) is 10.8 Å². The minimum absolute atomic E-state index is 0.625. The highest BCUT2D eigenvalue weighted by molar-refractivity contribution is 5.17. The second-order valence-electron chi connectivity index (χ2n) is 6.27. The van der Waals surface area contributed by atoms with Crippen LogP contribution in [0.15, 0.2) is 0 Å². The summed E-state index contributed by atoms with van der Waals surface area (Å²) in [5.74, 6) is 3.91. The first-order valence-corrected chi connectivity index (χ1v) is 5.31. The number of fused-ring (bicyclic) bond motifs is 1. The van der Waals surface area contributed by atoms with Gasteiger partial charge in [0.1, 0.15) is 0 Å². The molecule has 0 radical (unpaired) electrons. The summed E-state index contributed by atoms with van der Waals surface area (Å²) in [5, 5.41) is 0. The maximum Gasteiger partial charge on any atom is -0.0292 e. The normalized spacial score (nSPS) is 53.5. The van der Waals surface area contributed by atoms with Crippen molar-refractivity contribution in [3.63, 3.8) is 0 Å². The van der Waals surface area contributed by atoms with E-state index >= 15 is 0 Å². The largest absolute Gasteiger partial charge is 0.0617 e. The Morgan fingerprint density at radius 3 is 1.17 bits per heavy atom. The smallest absolute Gasteiger partial charge is 0.0292 e. The molecule has 0 heterocycles. The van der Waals surface area contributed by atoms with Gasteiger partial charge in [-0.1, -0.05) is 41.5 Å². The molecular weight excluding hydrogens is 144 g/mol. The average molecular weight is 166 g/mol. The Morgan fingerprint density at radius 2 is 0.917 bits per heavy atom. The first kappa shape index (κ1) is 8.59. The third-order valence-corrected chi connectivity index (χ3v) is 5.53. The Hall–Kier alpha value is 0. The van der Waals surface area contributed by atoms with Crippen molar-refractivity contribution >= 4 is 0 Å². The molecule has 2 aliphatic rings. The van der Waals surface area contributed by atoms with Crippen molar-refractivity contribution in [3.05, 3.63) is 0 Å². The first-order chi connectivity index (χ1) is 5.31. The van der Waals surface area contributed by atoms with Gasteiger partial charge in [-0.3, -0.25) is 0 Å². The second kappa shape index (κ2) is 1.91. The number of hydrogen-bond acceptors (Lipinski definition) is 0. The Labute approximate surface area is 76.7 Å². The van der Waals surface area contributed by atoms with Gasteiger partial charge in [0.2, 0.25) is 0 Å². The molecule has 0 aromatic carbocycles. The summed E-state index contributed by atoms with van der Waals surface area (Å²) in [5.41, 5.74) is 1.25. The van der Waals surface area contributed by atoms with Crippen LogP contribution >= 0.6 is 0 Å². The molecule has 0 N–H and O–H groups in total. The molecule has 70 valence electrons. The number of rotatable bonds is 0. The van der Waals surface area contributed by atoms with Gasteiger partial charge in [-0.2, -0.15) is 0 Å². The standard InChI is InChI=1S/C12H22/c1-7-9-10(11(7,3)4)8(2)12(9,5)6/h7-10H,1-6H3/t7-,8?,9+,10+/m0/s1. The monoisotopic (exact) mass is 166 g/mol. The molecule has 0 heteroatoms. The third kappa shape index (κ3) is 0.625. The van der Waals surface area contributed by atoms with Crippen molar-refractivity contribution in [1.29, 1.82) is 0 Å². The van der Waals surface area contributed by atoms with E-state index in [-0.39, 0.29) is 0 Å². The molecule has 0 aromatic heterocycles. The third-order valence-electron chi connectivity index (χ3n) is 5.53. The highest BCUT2D eigenvalue weighted by Gasteiger charge is 2.69. The topological polar surface area (TPSA) is 0 Å². The Bertz CT molecular complexity index is 188. The maximum atomic E-state index is 2.45. The van der Waals surface area contributed by atoms with Crippen LogP contribution in [0.25, 0.3) is 0 Å². The van der Waals surface area contributed by atoms with Crippen molar-refractivity contribution in [1.82, 2.24) is 0 Å². The van der Waals surface area contributed by atoms with Crippen molar-refractivity contribution in [2.75, 3.05) is 0 Å². The zero-order valence-corrected chi connectivity index (χ0v) is 9.31. The summed E-state index contributed by atoms with van der Waals surface area (Å²) in [6.45, 7) is 14.7. The fraction of sp³-hybridized carbons (Fsp3) is 1.00. The molecule has 0 amide bonds. The molecule has 2 aliphatic carbocycles. The molecule has 1 unspecified atom stereocenters. The predicted octanol–water partition coefficient (Wildman–Crippen LogP) is 3.57. The summed E-state index contributed by atoms with van der Waals surface area (Å²) >= 11 is 0. The van der Waals surface area contributed by atoms with Crippen LogP contribution in [0.3, 0.4) is 0 Å². The van der Waals surface area contributed by atoms with Gasteiger partial charge in [-0.05, 0) is 34.5 Å². The lowest BCUT2D eigenvalue weighted by Gasteiger charge is -2.75. The lowest BCUT2D eigenvalue weighted by atomic mass is 9.29. The van der Waals surface area contributed by atoms with E-state index in [2.05, 4.69) is 41.5 Å². The van der Waals surface area contributed by atoms with Gasteiger partial charge in [0.05, 0.1) is 0 Å². The van der Waals surface area contributed by atoms with Crippen LogP contribution in [0.1, 0.15) is 41.5 Å². The van der Waals surface area contributed by atoms with E-state index in [1.54, 1.807) is 0 Å². The average Bonchev–Trinajstić information content (AvgIpc) is 1.96. The van der Waals surface area contributed by atoms with Crippen LogP contribution in [0, 0.1) is 34.5 Å². The van der Waals surface area contributed by atoms with Crippen LogP contribution < -0.4 is 0 Å². The zero-order chi connectivity index (χ0) is 9.31. The number of hydrogen-bond donors (Lipinski definition) is 0. The molecule has 0 nitrogen and oxygen atoms in total.